The number of piperidine rings is 1. The van der Waals surface area contributed by atoms with Crippen molar-refractivity contribution in [2.45, 2.75) is 63.6 Å². The molecule has 0 aromatic rings. The molecule has 3 aliphatic rings. The van der Waals surface area contributed by atoms with Gasteiger partial charge < -0.3 is 10.6 Å². The summed E-state index contributed by atoms with van der Waals surface area (Å²) in [4.78, 5) is 14.6. The van der Waals surface area contributed by atoms with Crippen LogP contribution in [0, 0.1) is 22.7 Å². The van der Waals surface area contributed by atoms with Gasteiger partial charge in [0, 0.05) is 11.5 Å². The van der Waals surface area contributed by atoms with Crippen molar-refractivity contribution in [1.82, 2.24) is 4.90 Å². The lowest BCUT2D eigenvalue weighted by Crippen LogP contribution is -2.54. The number of hydrogen-bond donors (Lipinski definition) is 1. The first-order valence-electron chi connectivity index (χ1n) is 7.64. The van der Waals surface area contributed by atoms with Crippen LogP contribution in [0.1, 0.15) is 45.4 Å². The minimum Gasteiger partial charge on any atom is -0.322 e. The number of carbonyl (C=O) groups excluding carboxylic acids is 1. The van der Waals surface area contributed by atoms with E-state index in [1.165, 1.54) is 0 Å². The third kappa shape index (κ3) is 1.80. The second kappa shape index (κ2) is 4.60. The lowest BCUT2D eigenvalue weighted by molar-refractivity contribution is -0.136. The van der Waals surface area contributed by atoms with Crippen molar-refractivity contribution in [3.05, 3.63) is 12.2 Å². The highest BCUT2D eigenvalue weighted by atomic mass is 16.2. The third-order valence-electron chi connectivity index (χ3n) is 5.71. The first kappa shape index (κ1) is 13.6. The van der Waals surface area contributed by atoms with Crippen LogP contribution < -0.4 is 5.73 Å². The molecule has 2 N–H and O–H groups in total. The summed E-state index contributed by atoms with van der Waals surface area (Å²) < 4.78 is 0. The van der Waals surface area contributed by atoms with Gasteiger partial charge in [0.05, 0.1) is 12.1 Å². The molecule has 3 fully saturated rings. The SMILES string of the molecule is C=C(C)C1(C(N)C(=O)N2C(C#N)CC3CC32)CCCC1. The van der Waals surface area contributed by atoms with E-state index in [0.29, 0.717) is 5.92 Å². The average Bonchev–Trinajstić information content (AvgIpc) is 2.91. The molecule has 2 saturated carbocycles. The molecule has 4 unspecified atom stereocenters. The highest BCUT2D eigenvalue weighted by Gasteiger charge is 2.56. The van der Waals surface area contributed by atoms with Gasteiger partial charge in [-0.2, -0.15) is 5.26 Å². The third-order valence-corrected chi connectivity index (χ3v) is 5.71. The smallest absolute Gasteiger partial charge is 0.241 e. The van der Waals surface area contributed by atoms with E-state index in [-0.39, 0.29) is 23.4 Å². The number of likely N-dealkylation sites (tertiary alicyclic amines) is 1. The van der Waals surface area contributed by atoms with Gasteiger partial charge in [0.25, 0.3) is 0 Å². The minimum atomic E-state index is -0.530. The summed E-state index contributed by atoms with van der Waals surface area (Å²) >= 11 is 0. The summed E-state index contributed by atoms with van der Waals surface area (Å²) in [5.74, 6) is 0.520. The normalized spacial score (nSPS) is 35.2. The number of rotatable bonds is 3. The van der Waals surface area contributed by atoms with E-state index in [1.807, 2.05) is 6.92 Å². The number of nitriles is 1. The lowest BCUT2D eigenvalue weighted by Gasteiger charge is -2.38. The Hall–Kier alpha value is -1.34. The van der Waals surface area contributed by atoms with Gasteiger partial charge in [-0.1, -0.05) is 25.0 Å². The van der Waals surface area contributed by atoms with Gasteiger partial charge in [0.15, 0.2) is 0 Å². The largest absolute Gasteiger partial charge is 0.322 e. The van der Waals surface area contributed by atoms with E-state index in [2.05, 4.69) is 12.6 Å². The summed E-state index contributed by atoms with van der Waals surface area (Å²) in [6.07, 6.45) is 6.02. The zero-order chi connectivity index (χ0) is 14.5. The Morgan fingerprint density at radius 1 is 1.45 bits per heavy atom. The van der Waals surface area contributed by atoms with Gasteiger partial charge in [-0.05, 0) is 38.5 Å². The van der Waals surface area contributed by atoms with Gasteiger partial charge in [-0.15, -0.1) is 0 Å². The highest BCUT2D eigenvalue weighted by Crippen LogP contribution is 2.50. The van der Waals surface area contributed by atoms with E-state index in [1.54, 1.807) is 4.90 Å². The number of fused-ring (bicyclic) bond motifs is 1. The zero-order valence-corrected chi connectivity index (χ0v) is 12.1. The van der Waals surface area contributed by atoms with Crippen LogP contribution in [-0.4, -0.2) is 28.9 Å². The highest BCUT2D eigenvalue weighted by molar-refractivity contribution is 5.85. The summed E-state index contributed by atoms with van der Waals surface area (Å²) in [5.41, 5.74) is 7.15. The van der Waals surface area contributed by atoms with Crippen LogP contribution in [-0.2, 0) is 4.79 Å². The number of amides is 1. The van der Waals surface area contributed by atoms with Crippen molar-refractivity contribution >= 4 is 5.91 Å². The minimum absolute atomic E-state index is 0.0218. The summed E-state index contributed by atoms with van der Waals surface area (Å²) in [7, 11) is 0. The zero-order valence-electron chi connectivity index (χ0n) is 12.1. The summed E-state index contributed by atoms with van der Waals surface area (Å²) in [6, 6.07) is 1.76. The van der Waals surface area contributed by atoms with Crippen LogP contribution in [0.15, 0.2) is 12.2 Å². The maximum Gasteiger partial charge on any atom is 0.241 e. The predicted octanol–water partition coefficient (Wildman–Crippen LogP) is 1.96. The molecule has 0 bridgehead atoms. The van der Waals surface area contributed by atoms with E-state index >= 15 is 0 Å². The maximum absolute atomic E-state index is 12.9. The topological polar surface area (TPSA) is 70.1 Å². The molecule has 0 aromatic heterocycles. The quantitative estimate of drug-likeness (QED) is 0.799. The molecule has 0 radical (unpaired) electrons. The molecule has 108 valence electrons. The Balaban J connectivity index is 1.83. The molecule has 1 aliphatic heterocycles. The van der Waals surface area contributed by atoms with E-state index in [9.17, 15) is 10.1 Å². The summed E-state index contributed by atoms with van der Waals surface area (Å²) in [5, 5.41) is 9.24. The number of nitrogens with two attached hydrogens (primary N) is 1. The van der Waals surface area contributed by atoms with Crippen LogP contribution in [0.2, 0.25) is 0 Å². The van der Waals surface area contributed by atoms with Gasteiger partial charge in [0.1, 0.15) is 6.04 Å². The standard InChI is InChI=1S/C16H23N3O/c1-10(2)16(5-3-4-6-16)14(18)15(20)19-12(9-17)7-11-8-13(11)19/h11-14H,1,3-8,18H2,2H3. The Labute approximate surface area is 120 Å². The monoisotopic (exact) mass is 273 g/mol. The van der Waals surface area contributed by atoms with E-state index in [0.717, 1.165) is 44.1 Å². The van der Waals surface area contributed by atoms with Crippen molar-refractivity contribution in [1.29, 1.82) is 5.26 Å². The molecule has 0 aromatic carbocycles. The van der Waals surface area contributed by atoms with Gasteiger partial charge in [-0.3, -0.25) is 4.79 Å². The molecular formula is C16H23N3O. The fourth-order valence-electron chi connectivity index (χ4n) is 4.30. The van der Waals surface area contributed by atoms with Crippen LogP contribution in [0.5, 0.6) is 0 Å². The van der Waals surface area contributed by atoms with Crippen molar-refractivity contribution in [2.75, 3.05) is 0 Å². The van der Waals surface area contributed by atoms with Crippen LogP contribution >= 0.6 is 0 Å². The van der Waals surface area contributed by atoms with Crippen molar-refractivity contribution in [3.63, 3.8) is 0 Å². The molecule has 4 nitrogen and oxygen atoms in total. The van der Waals surface area contributed by atoms with Gasteiger partial charge in [-0.25, -0.2) is 0 Å². The second-order valence-electron chi connectivity index (χ2n) is 6.81. The molecular weight excluding hydrogens is 250 g/mol. The molecule has 4 heteroatoms. The first-order chi connectivity index (χ1) is 9.51. The number of nitrogens with zero attached hydrogens (tertiary/aromatic N) is 2. The Morgan fingerprint density at radius 3 is 2.65 bits per heavy atom. The Kier molecular flexibility index (Phi) is 3.13. The fraction of sp³-hybridized carbons (Fsp3) is 0.750. The predicted molar refractivity (Wildman–Crippen MR) is 76.4 cm³/mol. The molecule has 4 atom stereocenters. The van der Waals surface area contributed by atoms with E-state index < -0.39 is 6.04 Å². The molecule has 1 heterocycles. The van der Waals surface area contributed by atoms with Crippen molar-refractivity contribution in [2.24, 2.45) is 17.1 Å². The molecule has 2 aliphatic carbocycles. The molecule has 1 saturated heterocycles. The van der Waals surface area contributed by atoms with Crippen molar-refractivity contribution < 1.29 is 4.79 Å². The average molecular weight is 273 g/mol. The number of hydrogen-bond acceptors (Lipinski definition) is 3. The maximum atomic E-state index is 12.9. The Morgan fingerprint density at radius 2 is 2.10 bits per heavy atom. The fourth-order valence-corrected chi connectivity index (χ4v) is 4.30. The Bertz CT molecular complexity index is 486. The molecule has 20 heavy (non-hydrogen) atoms. The van der Waals surface area contributed by atoms with Crippen LogP contribution in [0.3, 0.4) is 0 Å². The number of carbonyl (C=O) groups is 1. The van der Waals surface area contributed by atoms with Gasteiger partial charge in [0.2, 0.25) is 5.91 Å². The molecule has 1 amide bonds. The van der Waals surface area contributed by atoms with Gasteiger partial charge >= 0.3 is 0 Å². The van der Waals surface area contributed by atoms with E-state index in [4.69, 9.17) is 5.73 Å². The lowest BCUT2D eigenvalue weighted by atomic mass is 9.73. The second-order valence-corrected chi connectivity index (χ2v) is 6.81. The molecule has 3 rings (SSSR count). The van der Waals surface area contributed by atoms with Crippen LogP contribution in [0.25, 0.3) is 0 Å². The first-order valence-corrected chi connectivity index (χ1v) is 7.64. The summed E-state index contributed by atoms with van der Waals surface area (Å²) in [6.45, 7) is 6.08. The van der Waals surface area contributed by atoms with Crippen LogP contribution in [0.4, 0.5) is 0 Å². The van der Waals surface area contributed by atoms with Crippen molar-refractivity contribution in [3.8, 4) is 6.07 Å². The molecule has 0 spiro atoms.